The molecule has 2 aromatic carbocycles. The van der Waals surface area contributed by atoms with Gasteiger partial charge in [-0.3, -0.25) is 4.79 Å². The number of hydrazone groups is 1. The number of rotatable bonds is 5. The molecule has 0 bridgehead atoms. The van der Waals surface area contributed by atoms with Gasteiger partial charge in [0, 0.05) is 0 Å². The van der Waals surface area contributed by atoms with Crippen molar-refractivity contribution >= 4 is 46.6 Å². The zero-order valence-electron chi connectivity index (χ0n) is 15.7. The number of ether oxygens (including phenoxy) is 3. The SMILES string of the molecule is COc1cc(/C=C2/C(=O)N(c3ccc(Cl)c(Cl)c3)N=C2C)cc(OC)c1OC. The molecule has 0 spiro atoms. The van der Waals surface area contributed by atoms with Crippen LogP contribution in [0.3, 0.4) is 0 Å². The average molecular weight is 421 g/mol. The predicted molar refractivity (Wildman–Crippen MR) is 111 cm³/mol. The van der Waals surface area contributed by atoms with Crippen LogP contribution in [-0.2, 0) is 4.79 Å². The first-order valence-corrected chi connectivity index (χ1v) is 9.02. The summed E-state index contributed by atoms with van der Waals surface area (Å²) in [4.78, 5) is 12.9. The van der Waals surface area contributed by atoms with Crippen LogP contribution in [0, 0.1) is 0 Å². The lowest BCUT2D eigenvalue weighted by Crippen LogP contribution is -2.21. The third-order valence-electron chi connectivity index (χ3n) is 4.21. The van der Waals surface area contributed by atoms with Gasteiger partial charge in [0.1, 0.15) is 0 Å². The highest BCUT2D eigenvalue weighted by Gasteiger charge is 2.29. The van der Waals surface area contributed by atoms with Gasteiger partial charge in [-0.15, -0.1) is 0 Å². The normalized spacial score (nSPS) is 15.1. The van der Waals surface area contributed by atoms with Crippen LogP contribution in [0.25, 0.3) is 6.08 Å². The van der Waals surface area contributed by atoms with Crippen molar-refractivity contribution in [1.29, 1.82) is 0 Å². The minimum Gasteiger partial charge on any atom is -0.493 e. The van der Waals surface area contributed by atoms with Crippen LogP contribution in [0.1, 0.15) is 12.5 Å². The molecule has 1 heterocycles. The second-order valence-corrected chi connectivity index (χ2v) is 6.73. The molecule has 146 valence electrons. The lowest BCUT2D eigenvalue weighted by atomic mass is 10.1. The van der Waals surface area contributed by atoms with E-state index in [9.17, 15) is 4.79 Å². The fourth-order valence-corrected chi connectivity index (χ4v) is 3.12. The molecule has 0 radical (unpaired) electrons. The van der Waals surface area contributed by atoms with Gasteiger partial charge >= 0.3 is 0 Å². The van der Waals surface area contributed by atoms with Crippen molar-refractivity contribution in [2.24, 2.45) is 5.10 Å². The molecular weight excluding hydrogens is 403 g/mol. The molecule has 0 N–H and O–H groups in total. The summed E-state index contributed by atoms with van der Waals surface area (Å²) in [5, 5.41) is 6.40. The Morgan fingerprint density at radius 3 is 2.14 bits per heavy atom. The van der Waals surface area contributed by atoms with E-state index in [4.69, 9.17) is 37.4 Å². The number of anilines is 1. The second kappa shape index (κ2) is 8.12. The molecule has 1 amide bonds. The second-order valence-electron chi connectivity index (χ2n) is 5.92. The van der Waals surface area contributed by atoms with Gasteiger partial charge in [0.15, 0.2) is 11.5 Å². The van der Waals surface area contributed by atoms with Gasteiger partial charge in [0.2, 0.25) is 5.75 Å². The minimum atomic E-state index is -0.273. The first-order chi connectivity index (χ1) is 13.4. The Kier molecular flexibility index (Phi) is 5.82. The molecule has 6 nitrogen and oxygen atoms in total. The molecule has 0 saturated carbocycles. The van der Waals surface area contributed by atoms with E-state index in [0.29, 0.717) is 49.8 Å². The van der Waals surface area contributed by atoms with E-state index in [1.165, 1.54) is 26.3 Å². The fourth-order valence-electron chi connectivity index (χ4n) is 2.83. The molecule has 0 atom stereocenters. The maximum atomic E-state index is 12.9. The Bertz CT molecular complexity index is 977. The average Bonchev–Trinajstić information content (AvgIpc) is 2.97. The number of carbonyl (C=O) groups is 1. The summed E-state index contributed by atoms with van der Waals surface area (Å²) < 4.78 is 16.1. The summed E-state index contributed by atoms with van der Waals surface area (Å²) in [6.07, 6.45) is 1.73. The first kappa shape index (κ1) is 20.0. The topological polar surface area (TPSA) is 60.4 Å². The standard InChI is InChI=1S/C20H18Cl2N2O4/c1-11-14(7-12-8-17(26-2)19(28-4)18(9-12)27-3)20(25)24(23-11)13-5-6-15(21)16(22)10-13/h5-10H,1-4H3/b14-7+. The third-order valence-corrected chi connectivity index (χ3v) is 4.95. The maximum Gasteiger partial charge on any atom is 0.280 e. The monoisotopic (exact) mass is 420 g/mol. The molecule has 2 aromatic rings. The zero-order valence-corrected chi connectivity index (χ0v) is 17.3. The van der Waals surface area contributed by atoms with E-state index in [-0.39, 0.29) is 5.91 Å². The van der Waals surface area contributed by atoms with Crippen LogP contribution in [0.2, 0.25) is 10.0 Å². The van der Waals surface area contributed by atoms with Gasteiger partial charge in [-0.1, -0.05) is 23.2 Å². The van der Waals surface area contributed by atoms with Gasteiger partial charge in [-0.25, -0.2) is 0 Å². The third kappa shape index (κ3) is 3.66. The molecule has 28 heavy (non-hydrogen) atoms. The first-order valence-electron chi connectivity index (χ1n) is 8.26. The van der Waals surface area contributed by atoms with Gasteiger partial charge in [-0.2, -0.15) is 10.1 Å². The lowest BCUT2D eigenvalue weighted by molar-refractivity contribution is -0.114. The van der Waals surface area contributed by atoms with Crippen LogP contribution in [-0.4, -0.2) is 32.9 Å². The van der Waals surface area contributed by atoms with Crippen molar-refractivity contribution in [2.45, 2.75) is 6.92 Å². The highest BCUT2D eigenvalue weighted by molar-refractivity contribution is 6.42. The number of hydrogen-bond acceptors (Lipinski definition) is 5. The Balaban J connectivity index is 2.00. The molecule has 1 aliphatic heterocycles. The highest BCUT2D eigenvalue weighted by atomic mass is 35.5. The maximum absolute atomic E-state index is 12.9. The van der Waals surface area contributed by atoms with E-state index < -0.39 is 0 Å². The number of carbonyl (C=O) groups excluding carboxylic acids is 1. The quantitative estimate of drug-likeness (QED) is 0.650. The highest BCUT2D eigenvalue weighted by Crippen LogP contribution is 2.39. The van der Waals surface area contributed by atoms with Crippen molar-refractivity contribution in [3.63, 3.8) is 0 Å². The Morgan fingerprint density at radius 2 is 1.61 bits per heavy atom. The largest absolute Gasteiger partial charge is 0.493 e. The van der Waals surface area contributed by atoms with Crippen LogP contribution < -0.4 is 19.2 Å². The number of hydrogen-bond donors (Lipinski definition) is 0. The molecule has 0 aromatic heterocycles. The molecule has 0 saturated heterocycles. The van der Waals surface area contributed by atoms with Crippen molar-refractivity contribution in [1.82, 2.24) is 0 Å². The summed E-state index contributed by atoms with van der Waals surface area (Å²) in [7, 11) is 4.60. The van der Waals surface area contributed by atoms with E-state index in [1.807, 2.05) is 0 Å². The van der Waals surface area contributed by atoms with Crippen molar-refractivity contribution < 1.29 is 19.0 Å². The molecular formula is C20H18Cl2N2O4. The van der Waals surface area contributed by atoms with Crippen molar-refractivity contribution in [3.05, 3.63) is 51.5 Å². The molecule has 0 fully saturated rings. The van der Waals surface area contributed by atoms with Crippen molar-refractivity contribution in [3.8, 4) is 17.2 Å². The van der Waals surface area contributed by atoms with Crippen LogP contribution in [0.4, 0.5) is 5.69 Å². The molecule has 0 unspecified atom stereocenters. The molecule has 3 rings (SSSR count). The fraction of sp³-hybridized carbons (Fsp3) is 0.200. The number of halogens is 2. The van der Waals surface area contributed by atoms with E-state index in [2.05, 4.69) is 5.10 Å². The van der Waals surface area contributed by atoms with E-state index in [1.54, 1.807) is 43.3 Å². The zero-order chi connectivity index (χ0) is 20.4. The number of benzene rings is 2. The minimum absolute atomic E-state index is 0.273. The van der Waals surface area contributed by atoms with Crippen LogP contribution >= 0.6 is 23.2 Å². The molecule has 8 heteroatoms. The number of nitrogens with zero attached hydrogens (tertiary/aromatic N) is 2. The predicted octanol–water partition coefficient (Wildman–Crippen LogP) is 4.83. The Labute approximate surface area is 172 Å². The lowest BCUT2D eigenvalue weighted by Gasteiger charge is -2.14. The smallest absolute Gasteiger partial charge is 0.280 e. The summed E-state index contributed by atoms with van der Waals surface area (Å²) in [5.41, 5.74) is 2.26. The van der Waals surface area contributed by atoms with Crippen LogP contribution in [0.15, 0.2) is 41.0 Å². The summed E-state index contributed by atoms with van der Waals surface area (Å²) in [6.45, 7) is 1.76. The Morgan fingerprint density at radius 1 is 0.964 bits per heavy atom. The van der Waals surface area contributed by atoms with Gasteiger partial charge < -0.3 is 14.2 Å². The van der Waals surface area contributed by atoms with Crippen molar-refractivity contribution in [2.75, 3.05) is 26.3 Å². The van der Waals surface area contributed by atoms with Gasteiger partial charge in [0.25, 0.3) is 5.91 Å². The molecule has 1 aliphatic rings. The Hall–Kier alpha value is -2.70. The summed E-state index contributed by atoms with van der Waals surface area (Å²) >= 11 is 12.0. The van der Waals surface area contributed by atoms with Gasteiger partial charge in [0.05, 0.1) is 48.3 Å². The number of methoxy groups -OCH3 is 3. The van der Waals surface area contributed by atoms with Crippen LogP contribution in [0.5, 0.6) is 17.2 Å². The summed E-state index contributed by atoms with van der Waals surface area (Å²) in [5.74, 6) is 1.20. The molecule has 0 aliphatic carbocycles. The number of amides is 1. The van der Waals surface area contributed by atoms with Gasteiger partial charge in [-0.05, 0) is 48.9 Å². The van der Waals surface area contributed by atoms with E-state index in [0.717, 1.165) is 0 Å². The van der Waals surface area contributed by atoms with E-state index >= 15 is 0 Å². The summed E-state index contributed by atoms with van der Waals surface area (Å²) in [6, 6.07) is 8.43.